The van der Waals surface area contributed by atoms with Crippen LogP contribution in [-0.4, -0.2) is 30.6 Å². The first-order chi connectivity index (χ1) is 10.3. The number of fused-ring (bicyclic) bond motifs is 1. The molecule has 2 atom stereocenters. The molecule has 0 bridgehead atoms. The number of hydrogen-bond donors (Lipinski definition) is 0. The fraction of sp³-hybridized carbons (Fsp3) is 0.368. The lowest BCUT2D eigenvalue weighted by Crippen LogP contribution is -2.55. The number of likely N-dealkylation sites (tertiary alicyclic amines) is 1. The van der Waals surface area contributed by atoms with Crippen molar-refractivity contribution in [2.45, 2.75) is 19.5 Å². The molecule has 0 N–H and O–H groups in total. The SMILES string of the molecule is Cc1ccc(N2C[C@H]3CN(Cc4ccccc4)CC32)cc1. The van der Waals surface area contributed by atoms with Crippen molar-refractivity contribution in [2.24, 2.45) is 5.92 Å². The molecule has 0 aliphatic carbocycles. The van der Waals surface area contributed by atoms with Crippen molar-refractivity contribution in [2.75, 3.05) is 24.5 Å². The van der Waals surface area contributed by atoms with Crippen LogP contribution in [0.25, 0.3) is 0 Å². The highest BCUT2D eigenvalue weighted by Crippen LogP contribution is 2.36. The predicted octanol–water partition coefficient (Wildman–Crippen LogP) is 3.32. The minimum Gasteiger partial charge on any atom is -0.366 e. The van der Waals surface area contributed by atoms with E-state index in [0.717, 1.165) is 18.5 Å². The van der Waals surface area contributed by atoms with Gasteiger partial charge in [-0.25, -0.2) is 0 Å². The zero-order valence-corrected chi connectivity index (χ0v) is 12.6. The second-order valence-corrected chi connectivity index (χ2v) is 6.50. The summed E-state index contributed by atoms with van der Waals surface area (Å²) in [7, 11) is 0. The highest BCUT2D eigenvalue weighted by molar-refractivity contribution is 5.52. The summed E-state index contributed by atoms with van der Waals surface area (Å²) in [5.41, 5.74) is 4.16. The van der Waals surface area contributed by atoms with Gasteiger partial charge >= 0.3 is 0 Å². The van der Waals surface area contributed by atoms with Crippen LogP contribution in [0, 0.1) is 12.8 Å². The van der Waals surface area contributed by atoms with Gasteiger partial charge in [0, 0.05) is 43.8 Å². The molecule has 2 fully saturated rings. The van der Waals surface area contributed by atoms with Crippen molar-refractivity contribution in [3.05, 3.63) is 65.7 Å². The molecule has 2 aromatic rings. The van der Waals surface area contributed by atoms with Crippen LogP contribution >= 0.6 is 0 Å². The molecule has 2 saturated heterocycles. The Morgan fingerprint density at radius 1 is 0.905 bits per heavy atom. The third-order valence-corrected chi connectivity index (χ3v) is 4.93. The van der Waals surface area contributed by atoms with Gasteiger partial charge in [0.2, 0.25) is 0 Å². The van der Waals surface area contributed by atoms with Crippen LogP contribution in [-0.2, 0) is 6.54 Å². The quantitative estimate of drug-likeness (QED) is 0.850. The zero-order valence-electron chi connectivity index (χ0n) is 12.6. The first kappa shape index (κ1) is 12.9. The van der Waals surface area contributed by atoms with Crippen LogP contribution in [0.2, 0.25) is 0 Å². The van der Waals surface area contributed by atoms with Crippen molar-refractivity contribution in [3.63, 3.8) is 0 Å². The molecule has 108 valence electrons. The fourth-order valence-electron chi connectivity index (χ4n) is 3.73. The maximum Gasteiger partial charge on any atom is 0.0474 e. The Hall–Kier alpha value is -1.80. The van der Waals surface area contributed by atoms with E-state index in [1.165, 1.54) is 36.4 Å². The summed E-state index contributed by atoms with van der Waals surface area (Å²) in [5.74, 6) is 0.856. The maximum atomic E-state index is 2.61. The predicted molar refractivity (Wildman–Crippen MR) is 87.5 cm³/mol. The van der Waals surface area contributed by atoms with Crippen molar-refractivity contribution in [3.8, 4) is 0 Å². The Labute approximate surface area is 127 Å². The second kappa shape index (κ2) is 5.19. The van der Waals surface area contributed by atoms with Crippen molar-refractivity contribution < 1.29 is 0 Å². The van der Waals surface area contributed by atoms with Gasteiger partial charge in [0.05, 0.1) is 0 Å². The average Bonchev–Trinajstić information content (AvgIpc) is 2.80. The molecule has 0 saturated carbocycles. The molecule has 0 amide bonds. The van der Waals surface area contributed by atoms with Gasteiger partial charge in [-0.05, 0) is 24.6 Å². The van der Waals surface area contributed by atoms with Crippen molar-refractivity contribution in [1.82, 2.24) is 4.90 Å². The van der Waals surface area contributed by atoms with Gasteiger partial charge < -0.3 is 4.90 Å². The third-order valence-electron chi connectivity index (χ3n) is 4.93. The molecule has 2 heterocycles. The molecule has 4 rings (SSSR count). The van der Waals surface area contributed by atoms with E-state index in [0.29, 0.717) is 0 Å². The highest BCUT2D eigenvalue weighted by atomic mass is 15.3. The Kier molecular flexibility index (Phi) is 3.19. The smallest absolute Gasteiger partial charge is 0.0474 e. The van der Waals surface area contributed by atoms with Gasteiger partial charge in [-0.15, -0.1) is 0 Å². The number of hydrogen-bond acceptors (Lipinski definition) is 2. The molecule has 1 unspecified atom stereocenters. The molecular weight excluding hydrogens is 256 g/mol. The molecular formula is C19H22N2. The van der Waals surface area contributed by atoms with Crippen LogP contribution in [0.4, 0.5) is 5.69 Å². The first-order valence-corrected chi connectivity index (χ1v) is 7.89. The zero-order chi connectivity index (χ0) is 14.2. The lowest BCUT2D eigenvalue weighted by Gasteiger charge is -2.45. The van der Waals surface area contributed by atoms with E-state index in [4.69, 9.17) is 0 Å². The minimum absolute atomic E-state index is 0.719. The second-order valence-electron chi connectivity index (χ2n) is 6.50. The molecule has 2 aliphatic rings. The molecule has 2 aliphatic heterocycles. The molecule has 2 heteroatoms. The van der Waals surface area contributed by atoms with E-state index in [-0.39, 0.29) is 0 Å². The van der Waals surface area contributed by atoms with Crippen molar-refractivity contribution in [1.29, 1.82) is 0 Å². The van der Waals surface area contributed by atoms with Gasteiger partial charge in [0.15, 0.2) is 0 Å². The van der Waals surface area contributed by atoms with E-state index in [2.05, 4.69) is 71.3 Å². The number of rotatable bonds is 3. The molecule has 0 spiro atoms. The normalized spacial score (nSPS) is 24.7. The molecule has 21 heavy (non-hydrogen) atoms. The van der Waals surface area contributed by atoms with Crippen LogP contribution in [0.3, 0.4) is 0 Å². The minimum atomic E-state index is 0.719. The van der Waals surface area contributed by atoms with E-state index in [9.17, 15) is 0 Å². The van der Waals surface area contributed by atoms with Gasteiger partial charge in [0.1, 0.15) is 0 Å². The van der Waals surface area contributed by atoms with Gasteiger partial charge in [-0.1, -0.05) is 48.0 Å². The van der Waals surface area contributed by atoms with Gasteiger partial charge in [-0.2, -0.15) is 0 Å². The summed E-state index contributed by atoms with van der Waals surface area (Å²) >= 11 is 0. The van der Waals surface area contributed by atoms with E-state index in [1.54, 1.807) is 0 Å². The lowest BCUT2D eigenvalue weighted by molar-refractivity contribution is 0.320. The summed E-state index contributed by atoms with van der Waals surface area (Å²) in [6, 6.07) is 20.5. The van der Waals surface area contributed by atoms with E-state index < -0.39 is 0 Å². The first-order valence-electron chi connectivity index (χ1n) is 7.89. The molecule has 2 aromatic carbocycles. The number of benzene rings is 2. The largest absolute Gasteiger partial charge is 0.366 e. The summed E-state index contributed by atoms with van der Waals surface area (Å²) in [5, 5.41) is 0. The number of anilines is 1. The van der Waals surface area contributed by atoms with Crippen LogP contribution in [0.1, 0.15) is 11.1 Å². The Morgan fingerprint density at radius 2 is 1.67 bits per heavy atom. The molecule has 0 aromatic heterocycles. The Morgan fingerprint density at radius 3 is 2.43 bits per heavy atom. The summed E-state index contributed by atoms with van der Waals surface area (Å²) < 4.78 is 0. The van der Waals surface area contributed by atoms with Crippen LogP contribution in [0.15, 0.2) is 54.6 Å². The Bertz CT molecular complexity index is 605. The maximum absolute atomic E-state index is 2.61. The summed E-state index contributed by atoms with van der Waals surface area (Å²) in [6.07, 6.45) is 0. The van der Waals surface area contributed by atoms with E-state index >= 15 is 0 Å². The van der Waals surface area contributed by atoms with Gasteiger partial charge in [-0.3, -0.25) is 4.90 Å². The van der Waals surface area contributed by atoms with Crippen molar-refractivity contribution >= 4 is 5.69 Å². The standard InChI is InChI=1S/C19H22N2/c1-15-7-9-18(10-8-15)21-13-17-12-20(14-19(17)21)11-16-5-3-2-4-6-16/h2-10,17,19H,11-14H2,1H3/t17-,19?/m1/s1. The average molecular weight is 278 g/mol. The van der Waals surface area contributed by atoms with Crippen LogP contribution in [0.5, 0.6) is 0 Å². The third kappa shape index (κ3) is 2.44. The summed E-state index contributed by atoms with van der Waals surface area (Å²) in [4.78, 5) is 5.19. The molecule has 0 radical (unpaired) electrons. The number of aryl methyl sites for hydroxylation is 1. The topological polar surface area (TPSA) is 6.48 Å². The fourth-order valence-corrected chi connectivity index (χ4v) is 3.73. The van der Waals surface area contributed by atoms with E-state index in [1.807, 2.05) is 0 Å². The molecule has 2 nitrogen and oxygen atoms in total. The van der Waals surface area contributed by atoms with Gasteiger partial charge in [0.25, 0.3) is 0 Å². The number of nitrogens with zero attached hydrogens (tertiary/aromatic N) is 2. The lowest BCUT2D eigenvalue weighted by atomic mass is 9.91. The summed E-state index contributed by atoms with van der Waals surface area (Å²) in [6.45, 7) is 6.92. The highest BCUT2D eigenvalue weighted by Gasteiger charge is 2.45. The van der Waals surface area contributed by atoms with Crippen LogP contribution < -0.4 is 4.90 Å². The monoisotopic (exact) mass is 278 g/mol. The Balaban J connectivity index is 1.41.